The molecule has 2 amide bonds. The van der Waals surface area contributed by atoms with Crippen molar-refractivity contribution < 1.29 is 33.8 Å². The number of Topliss-reactive ketones (excluding diaryl/α,β-unsaturated/α-hetero) is 1. The molecule has 0 saturated heterocycles. The Hall–Kier alpha value is -5.00. The van der Waals surface area contributed by atoms with Crippen molar-refractivity contribution in [2.45, 2.75) is 44.7 Å². The number of carbonyl (C=O) groups excluding carboxylic acids is 3. The Morgan fingerprint density at radius 3 is 2.43 bits per heavy atom. The number of amides is 2. The monoisotopic (exact) mass is 641 g/mol. The van der Waals surface area contributed by atoms with Gasteiger partial charge in [0.25, 0.3) is 11.5 Å². The predicted molar refractivity (Wildman–Crippen MR) is 167 cm³/mol. The van der Waals surface area contributed by atoms with E-state index in [0.29, 0.717) is 50.7 Å². The number of aliphatic carboxylic acids is 1. The fraction of sp³-hybridized carbons (Fsp3) is 0.448. The number of anilines is 2. The largest absolute Gasteiger partial charge is 0.480 e. The summed E-state index contributed by atoms with van der Waals surface area (Å²) in [5.74, 6) is -2.29. The van der Waals surface area contributed by atoms with Crippen LogP contribution in [-0.4, -0.2) is 94.2 Å². The molecule has 3 aromatic rings. The number of nitrogens with zero attached hydrogens (tertiary/aromatic N) is 3. The first-order valence-electron chi connectivity index (χ1n) is 14.7. The van der Waals surface area contributed by atoms with E-state index in [4.69, 9.17) is 20.9 Å². The highest BCUT2D eigenvalue weighted by molar-refractivity contribution is 5.97. The molecule has 248 valence electrons. The number of hydrogen-bond donors (Lipinski definition) is 7. The number of nitrogens with two attached hydrogens (primary N) is 2. The molecule has 0 radical (unpaired) electrons. The summed E-state index contributed by atoms with van der Waals surface area (Å²) in [5, 5.41) is 17.8. The number of carbonyl (C=O) groups is 4. The molecule has 0 aliphatic rings. The highest BCUT2D eigenvalue weighted by atomic mass is 16.5. The maximum Gasteiger partial charge on any atom is 0.326 e. The van der Waals surface area contributed by atoms with Gasteiger partial charge in [-0.25, -0.2) is 14.8 Å². The molecule has 0 saturated carbocycles. The molecule has 2 heterocycles. The zero-order chi connectivity index (χ0) is 33.3. The highest BCUT2D eigenvalue weighted by Gasteiger charge is 2.22. The minimum absolute atomic E-state index is 0.0406. The number of H-pyrrole nitrogens is 1. The molecule has 0 fully saturated rings. The topological polar surface area (TPSA) is 267 Å². The summed E-state index contributed by atoms with van der Waals surface area (Å²) >= 11 is 0. The van der Waals surface area contributed by atoms with Crippen molar-refractivity contribution in [3.05, 3.63) is 52.1 Å². The maximum absolute atomic E-state index is 12.7. The second kappa shape index (κ2) is 18.7. The van der Waals surface area contributed by atoms with E-state index in [1.54, 1.807) is 12.1 Å². The summed E-state index contributed by atoms with van der Waals surface area (Å²) in [5.41, 5.74) is 11.8. The van der Waals surface area contributed by atoms with Gasteiger partial charge in [-0.3, -0.25) is 24.2 Å². The van der Waals surface area contributed by atoms with Crippen LogP contribution in [0.2, 0.25) is 0 Å². The molecule has 9 N–H and O–H groups in total. The van der Waals surface area contributed by atoms with Crippen molar-refractivity contribution in [1.29, 1.82) is 0 Å². The van der Waals surface area contributed by atoms with E-state index in [1.165, 1.54) is 18.3 Å². The molecule has 2 aromatic heterocycles. The number of benzene rings is 1. The first-order valence-corrected chi connectivity index (χ1v) is 14.7. The zero-order valence-corrected chi connectivity index (χ0v) is 25.3. The van der Waals surface area contributed by atoms with Crippen LogP contribution in [0.3, 0.4) is 0 Å². The first-order chi connectivity index (χ1) is 22.2. The summed E-state index contributed by atoms with van der Waals surface area (Å²) in [6.07, 6.45) is 2.09. The van der Waals surface area contributed by atoms with Gasteiger partial charge < -0.3 is 42.0 Å². The fourth-order valence-corrected chi connectivity index (χ4v) is 4.09. The second-order valence-corrected chi connectivity index (χ2v) is 10.1. The van der Waals surface area contributed by atoms with Gasteiger partial charge >= 0.3 is 5.97 Å². The molecular formula is C29H39N9O8. The van der Waals surface area contributed by atoms with Gasteiger partial charge in [-0.15, -0.1) is 0 Å². The summed E-state index contributed by atoms with van der Waals surface area (Å²) in [7, 11) is 0. The lowest BCUT2D eigenvalue weighted by Gasteiger charge is -2.14. The number of aromatic nitrogens is 4. The molecule has 1 aromatic carbocycles. The van der Waals surface area contributed by atoms with E-state index in [-0.39, 0.29) is 73.2 Å². The van der Waals surface area contributed by atoms with Crippen LogP contribution in [0.1, 0.15) is 48.2 Å². The molecule has 0 aliphatic carbocycles. The molecular weight excluding hydrogens is 602 g/mol. The van der Waals surface area contributed by atoms with Gasteiger partial charge in [0, 0.05) is 43.6 Å². The van der Waals surface area contributed by atoms with Crippen LogP contribution in [0, 0.1) is 0 Å². The third kappa shape index (κ3) is 12.2. The number of nitrogen functional groups attached to an aromatic ring is 1. The number of ketones is 1. The maximum atomic E-state index is 12.7. The Balaban J connectivity index is 1.35. The molecule has 17 nitrogen and oxygen atoms in total. The van der Waals surface area contributed by atoms with Crippen molar-refractivity contribution in [3.63, 3.8) is 0 Å². The quantitative estimate of drug-likeness (QED) is 0.0738. The molecule has 17 heteroatoms. The number of hydrogen-bond acceptors (Lipinski definition) is 13. The van der Waals surface area contributed by atoms with Crippen molar-refractivity contribution in [1.82, 2.24) is 30.6 Å². The van der Waals surface area contributed by atoms with Crippen LogP contribution in [0.25, 0.3) is 11.2 Å². The van der Waals surface area contributed by atoms with Gasteiger partial charge in [0.1, 0.15) is 11.8 Å². The van der Waals surface area contributed by atoms with Crippen molar-refractivity contribution in [2.75, 3.05) is 50.6 Å². The van der Waals surface area contributed by atoms with Crippen molar-refractivity contribution >= 4 is 46.4 Å². The number of ether oxygens (including phenoxy) is 2. The van der Waals surface area contributed by atoms with Crippen LogP contribution in [0.4, 0.5) is 11.6 Å². The Labute approximate surface area is 263 Å². The second-order valence-electron chi connectivity index (χ2n) is 10.1. The van der Waals surface area contributed by atoms with E-state index >= 15 is 0 Å². The third-order valence-electron chi connectivity index (χ3n) is 6.48. The molecule has 3 rings (SSSR count). The summed E-state index contributed by atoms with van der Waals surface area (Å²) in [6, 6.07) is 5.04. The Bertz CT molecular complexity index is 1530. The molecule has 1 unspecified atom stereocenters. The van der Waals surface area contributed by atoms with Crippen LogP contribution in [-0.2, 0) is 30.4 Å². The van der Waals surface area contributed by atoms with Crippen LogP contribution < -0.4 is 33.0 Å². The third-order valence-corrected chi connectivity index (χ3v) is 6.48. The lowest BCUT2D eigenvalue weighted by Crippen LogP contribution is -2.41. The van der Waals surface area contributed by atoms with Gasteiger partial charge in [0.15, 0.2) is 11.2 Å². The van der Waals surface area contributed by atoms with Crippen LogP contribution in [0.15, 0.2) is 35.3 Å². The predicted octanol–water partition coefficient (Wildman–Crippen LogP) is -0.282. The van der Waals surface area contributed by atoms with E-state index in [9.17, 15) is 29.1 Å². The smallest absolute Gasteiger partial charge is 0.326 e. The molecule has 0 aliphatic heterocycles. The fourth-order valence-electron chi connectivity index (χ4n) is 4.09. The standard InChI is InChI=1S/C29H39N9O8/c30-10-13-46-15-14-45-12-9-23(40)32-11-1-2-21(39)7-8-22(28(43)44)36-26(41)18-3-5-19(6-4-18)33-16-20-17-34-25-24(35-20)27(42)38-29(31)37-25/h3-6,17,22,33H,1-2,7-16,30H2,(H,32,40)(H,36,41)(H,43,44)(H3,31,34,37,38,42). The molecule has 0 spiro atoms. The van der Waals surface area contributed by atoms with Gasteiger partial charge in [-0.05, 0) is 37.1 Å². The molecule has 0 bridgehead atoms. The molecule has 1 atom stereocenters. The first kappa shape index (κ1) is 35.5. The SMILES string of the molecule is NCCOCCOCCC(=O)NCCCC(=O)CCC(NC(=O)c1ccc(NCc2cnc3nc(N)[nH]c(=O)c3n2)cc1)C(=O)O. The Morgan fingerprint density at radius 1 is 0.978 bits per heavy atom. The lowest BCUT2D eigenvalue weighted by molar-refractivity contribution is -0.139. The van der Waals surface area contributed by atoms with Gasteiger partial charge in [0.05, 0.1) is 44.9 Å². The normalized spacial score (nSPS) is 11.6. The summed E-state index contributed by atoms with van der Waals surface area (Å²) < 4.78 is 10.5. The van der Waals surface area contributed by atoms with Crippen LogP contribution in [0.5, 0.6) is 0 Å². The number of rotatable bonds is 21. The van der Waals surface area contributed by atoms with Gasteiger partial charge in [-0.1, -0.05) is 0 Å². The summed E-state index contributed by atoms with van der Waals surface area (Å²) in [6.45, 7) is 2.44. The number of fused-ring (bicyclic) bond motifs is 1. The molecule has 46 heavy (non-hydrogen) atoms. The van der Waals surface area contributed by atoms with Crippen molar-refractivity contribution in [3.8, 4) is 0 Å². The minimum atomic E-state index is -1.26. The van der Waals surface area contributed by atoms with E-state index in [2.05, 4.69) is 35.9 Å². The average Bonchev–Trinajstić information content (AvgIpc) is 3.03. The van der Waals surface area contributed by atoms with Crippen molar-refractivity contribution in [2.24, 2.45) is 5.73 Å². The van der Waals surface area contributed by atoms with Gasteiger partial charge in [-0.2, -0.15) is 4.98 Å². The van der Waals surface area contributed by atoms with Crippen LogP contribution >= 0.6 is 0 Å². The highest BCUT2D eigenvalue weighted by Crippen LogP contribution is 2.13. The van der Waals surface area contributed by atoms with E-state index in [1.807, 2.05) is 0 Å². The Kier molecular flexibility index (Phi) is 14.4. The van der Waals surface area contributed by atoms with E-state index in [0.717, 1.165) is 0 Å². The number of nitrogens with one attached hydrogen (secondary N) is 4. The number of aromatic amines is 1. The minimum Gasteiger partial charge on any atom is -0.480 e. The Morgan fingerprint density at radius 2 is 1.72 bits per heavy atom. The average molecular weight is 642 g/mol. The summed E-state index contributed by atoms with van der Waals surface area (Å²) in [4.78, 5) is 75.3. The van der Waals surface area contributed by atoms with Gasteiger partial charge in [0.2, 0.25) is 11.9 Å². The number of carboxylic acid groups (broad SMARTS) is 1. The van der Waals surface area contributed by atoms with E-state index < -0.39 is 23.5 Å². The lowest BCUT2D eigenvalue weighted by atomic mass is 10.1. The zero-order valence-electron chi connectivity index (χ0n) is 25.3. The number of carboxylic acids is 1.